The zero-order valence-electron chi connectivity index (χ0n) is 15.6. The van der Waals surface area contributed by atoms with Crippen LogP contribution >= 0.6 is 11.8 Å². The van der Waals surface area contributed by atoms with Crippen molar-refractivity contribution in [1.29, 1.82) is 0 Å². The second-order valence-electron chi connectivity index (χ2n) is 6.39. The Labute approximate surface area is 177 Å². The van der Waals surface area contributed by atoms with Gasteiger partial charge >= 0.3 is 6.18 Å². The Kier molecular flexibility index (Phi) is 5.59. The van der Waals surface area contributed by atoms with E-state index in [0.717, 1.165) is 23.9 Å². The van der Waals surface area contributed by atoms with Gasteiger partial charge in [-0.05, 0) is 42.5 Å². The summed E-state index contributed by atoms with van der Waals surface area (Å²) in [7, 11) is 0. The standard InChI is InChI=1S/C20H13F4N5OS/c21-14-5-1-3-12(9-14)19-27-26-16-7-8-18(28-29(16)19)31-11-17(30)25-15-6-2-4-13(10-15)20(22,23)24/h1-10H,11H2,(H,25,30). The van der Waals surface area contributed by atoms with E-state index in [1.165, 1.54) is 28.8 Å². The van der Waals surface area contributed by atoms with Crippen LogP contribution in [0.5, 0.6) is 0 Å². The molecule has 31 heavy (non-hydrogen) atoms. The second-order valence-corrected chi connectivity index (χ2v) is 7.39. The topological polar surface area (TPSA) is 72.2 Å². The Bertz CT molecular complexity index is 1260. The van der Waals surface area contributed by atoms with E-state index in [0.29, 0.717) is 22.1 Å². The number of fused-ring (bicyclic) bond motifs is 1. The predicted octanol–water partition coefficient (Wildman–Crippen LogP) is 4.68. The highest BCUT2D eigenvalue weighted by Gasteiger charge is 2.30. The van der Waals surface area contributed by atoms with Gasteiger partial charge in [0.1, 0.15) is 10.8 Å². The van der Waals surface area contributed by atoms with Crippen molar-refractivity contribution in [2.24, 2.45) is 0 Å². The number of alkyl halides is 3. The zero-order valence-corrected chi connectivity index (χ0v) is 16.4. The van der Waals surface area contributed by atoms with E-state index in [1.807, 2.05) is 0 Å². The summed E-state index contributed by atoms with van der Waals surface area (Å²) in [6.07, 6.45) is -4.49. The Morgan fingerprint density at radius 2 is 1.84 bits per heavy atom. The predicted molar refractivity (Wildman–Crippen MR) is 107 cm³/mol. The molecule has 0 aliphatic rings. The first-order valence-electron chi connectivity index (χ1n) is 8.88. The van der Waals surface area contributed by atoms with E-state index in [-0.39, 0.29) is 11.4 Å². The number of aromatic nitrogens is 4. The maximum absolute atomic E-state index is 13.5. The van der Waals surface area contributed by atoms with Crippen molar-refractivity contribution in [1.82, 2.24) is 19.8 Å². The molecule has 0 radical (unpaired) electrons. The lowest BCUT2D eigenvalue weighted by Gasteiger charge is -2.09. The van der Waals surface area contributed by atoms with Gasteiger partial charge in [-0.1, -0.05) is 30.0 Å². The molecule has 6 nitrogen and oxygen atoms in total. The van der Waals surface area contributed by atoms with Gasteiger partial charge in [0.2, 0.25) is 5.91 Å². The fraction of sp³-hybridized carbons (Fsp3) is 0.100. The fourth-order valence-corrected chi connectivity index (χ4v) is 3.42. The Morgan fingerprint density at radius 1 is 1.03 bits per heavy atom. The Balaban J connectivity index is 1.47. The molecular formula is C20H13F4N5OS. The minimum Gasteiger partial charge on any atom is -0.325 e. The van der Waals surface area contributed by atoms with Crippen LogP contribution in [0.15, 0.2) is 65.7 Å². The summed E-state index contributed by atoms with van der Waals surface area (Å²) in [5.74, 6) is -0.650. The van der Waals surface area contributed by atoms with Gasteiger partial charge in [-0.3, -0.25) is 4.79 Å². The maximum atomic E-state index is 13.5. The first-order chi connectivity index (χ1) is 14.8. The van der Waals surface area contributed by atoms with Crippen molar-refractivity contribution in [3.05, 3.63) is 72.0 Å². The van der Waals surface area contributed by atoms with Crippen molar-refractivity contribution < 1.29 is 22.4 Å². The van der Waals surface area contributed by atoms with Crippen LogP contribution < -0.4 is 5.32 Å². The van der Waals surface area contributed by atoms with Crippen LogP contribution in [0, 0.1) is 5.82 Å². The first-order valence-corrected chi connectivity index (χ1v) is 9.86. The Morgan fingerprint density at radius 3 is 2.61 bits per heavy atom. The molecule has 0 saturated carbocycles. The number of rotatable bonds is 5. The molecule has 0 saturated heterocycles. The average Bonchev–Trinajstić information content (AvgIpc) is 3.15. The molecule has 4 aromatic rings. The molecule has 0 aliphatic heterocycles. The highest BCUT2D eigenvalue weighted by molar-refractivity contribution is 7.99. The van der Waals surface area contributed by atoms with Gasteiger partial charge < -0.3 is 5.32 Å². The largest absolute Gasteiger partial charge is 0.416 e. The summed E-state index contributed by atoms with van der Waals surface area (Å²) in [4.78, 5) is 12.2. The van der Waals surface area contributed by atoms with Crippen LogP contribution in [-0.4, -0.2) is 31.5 Å². The van der Waals surface area contributed by atoms with Crippen LogP contribution in [0.1, 0.15) is 5.56 Å². The van der Waals surface area contributed by atoms with Crippen molar-refractivity contribution in [2.75, 3.05) is 11.1 Å². The lowest BCUT2D eigenvalue weighted by molar-refractivity contribution is -0.137. The fourth-order valence-electron chi connectivity index (χ4n) is 2.77. The molecule has 4 rings (SSSR count). The molecular weight excluding hydrogens is 434 g/mol. The summed E-state index contributed by atoms with van der Waals surface area (Å²) in [6, 6.07) is 13.5. The summed E-state index contributed by atoms with van der Waals surface area (Å²) in [5.41, 5.74) is 0.139. The van der Waals surface area contributed by atoms with Gasteiger partial charge in [-0.25, -0.2) is 4.39 Å². The Hall–Kier alpha value is -3.47. The minimum absolute atomic E-state index is 0.0519. The molecule has 1 amide bonds. The number of carbonyl (C=O) groups is 1. The molecule has 158 valence electrons. The second kappa shape index (κ2) is 8.34. The van der Waals surface area contributed by atoms with Crippen molar-refractivity contribution in [2.45, 2.75) is 11.2 Å². The average molecular weight is 447 g/mol. The molecule has 2 aromatic heterocycles. The SMILES string of the molecule is O=C(CSc1ccc2nnc(-c3cccc(F)c3)n2n1)Nc1cccc(C(F)(F)F)c1. The molecule has 1 N–H and O–H groups in total. The molecule has 0 bridgehead atoms. The lowest BCUT2D eigenvalue weighted by Crippen LogP contribution is -2.15. The molecule has 0 aliphatic carbocycles. The molecule has 2 aromatic carbocycles. The van der Waals surface area contributed by atoms with E-state index in [1.54, 1.807) is 24.3 Å². The summed E-state index contributed by atoms with van der Waals surface area (Å²) in [5, 5.41) is 15.3. The van der Waals surface area contributed by atoms with Gasteiger partial charge in [0.25, 0.3) is 0 Å². The number of nitrogens with one attached hydrogen (secondary N) is 1. The van der Waals surface area contributed by atoms with E-state index >= 15 is 0 Å². The van der Waals surface area contributed by atoms with Crippen molar-refractivity contribution in [3.8, 4) is 11.4 Å². The summed E-state index contributed by atoms with van der Waals surface area (Å²) < 4.78 is 53.3. The molecule has 11 heteroatoms. The number of hydrogen-bond acceptors (Lipinski definition) is 5. The summed E-state index contributed by atoms with van der Waals surface area (Å²) >= 11 is 1.09. The summed E-state index contributed by atoms with van der Waals surface area (Å²) in [6.45, 7) is 0. The van der Waals surface area contributed by atoms with Crippen LogP contribution in [0.4, 0.5) is 23.2 Å². The van der Waals surface area contributed by atoms with Gasteiger partial charge in [0, 0.05) is 11.3 Å². The lowest BCUT2D eigenvalue weighted by atomic mass is 10.2. The highest BCUT2D eigenvalue weighted by atomic mass is 32.2. The smallest absolute Gasteiger partial charge is 0.325 e. The third kappa shape index (κ3) is 4.82. The van der Waals surface area contributed by atoms with E-state index in [2.05, 4.69) is 20.6 Å². The first kappa shape index (κ1) is 20.8. The zero-order chi connectivity index (χ0) is 22.0. The molecule has 2 heterocycles. The van der Waals surface area contributed by atoms with Crippen molar-refractivity contribution in [3.63, 3.8) is 0 Å². The van der Waals surface area contributed by atoms with Crippen LogP contribution in [0.2, 0.25) is 0 Å². The third-order valence-electron chi connectivity index (χ3n) is 4.15. The van der Waals surface area contributed by atoms with E-state index < -0.39 is 23.5 Å². The third-order valence-corrected chi connectivity index (χ3v) is 5.07. The number of hydrogen-bond donors (Lipinski definition) is 1. The normalized spacial score (nSPS) is 11.6. The van der Waals surface area contributed by atoms with Crippen molar-refractivity contribution >= 4 is 29.0 Å². The number of nitrogens with zero attached hydrogens (tertiary/aromatic N) is 4. The van der Waals surface area contributed by atoms with Crippen LogP contribution in [-0.2, 0) is 11.0 Å². The van der Waals surface area contributed by atoms with Crippen LogP contribution in [0.3, 0.4) is 0 Å². The molecule has 0 unspecified atom stereocenters. The highest BCUT2D eigenvalue weighted by Crippen LogP contribution is 2.30. The van der Waals surface area contributed by atoms with Gasteiger partial charge in [0.05, 0.1) is 11.3 Å². The number of amides is 1. The number of halogens is 4. The van der Waals surface area contributed by atoms with Gasteiger partial charge in [0.15, 0.2) is 11.5 Å². The number of benzene rings is 2. The number of carbonyl (C=O) groups excluding carboxylic acids is 1. The van der Waals surface area contributed by atoms with Crippen LogP contribution in [0.25, 0.3) is 17.0 Å². The quantitative estimate of drug-likeness (QED) is 0.355. The minimum atomic E-state index is -4.49. The monoisotopic (exact) mass is 447 g/mol. The maximum Gasteiger partial charge on any atom is 0.416 e. The van der Waals surface area contributed by atoms with Gasteiger partial charge in [-0.15, -0.1) is 10.2 Å². The molecule has 0 atom stereocenters. The molecule has 0 spiro atoms. The van der Waals surface area contributed by atoms with Gasteiger partial charge in [-0.2, -0.15) is 22.8 Å². The number of anilines is 1. The van der Waals surface area contributed by atoms with E-state index in [9.17, 15) is 22.4 Å². The molecule has 0 fully saturated rings. The van der Waals surface area contributed by atoms with E-state index in [4.69, 9.17) is 0 Å². The number of thioether (sulfide) groups is 1.